The molecule has 4 fully saturated rings. The van der Waals surface area contributed by atoms with Gasteiger partial charge in [-0.15, -0.1) is 16.8 Å². The van der Waals surface area contributed by atoms with Gasteiger partial charge >= 0.3 is 5.97 Å². The largest absolute Gasteiger partial charge is 0.493 e. The van der Waals surface area contributed by atoms with Gasteiger partial charge in [-0.1, -0.05) is 0 Å². The number of benzene rings is 2. The lowest BCUT2D eigenvalue weighted by molar-refractivity contribution is -0.197. The molecule has 3 unspecified atom stereocenters. The number of ether oxygens (including phenoxy) is 4. The molecule has 0 aromatic heterocycles. The van der Waals surface area contributed by atoms with Crippen LogP contribution in [0.4, 0.5) is 11.4 Å². The van der Waals surface area contributed by atoms with Gasteiger partial charge in [-0.25, -0.2) is 30.0 Å². The van der Waals surface area contributed by atoms with Crippen LogP contribution >= 0.6 is 18.9 Å². The maximum atomic E-state index is 14.9. The van der Waals surface area contributed by atoms with Crippen LogP contribution in [0.5, 0.6) is 23.0 Å². The highest BCUT2D eigenvalue weighted by Crippen LogP contribution is 2.48. The number of thiol groups is 2. The highest BCUT2D eigenvalue weighted by Gasteiger charge is 2.43. The van der Waals surface area contributed by atoms with Crippen molar-refractivity contribution < 1.29 is 87.1 Å². The zero-order chi connectivity index (χ0) is 54.3. The minimum absolute atomic E-state index is 0.0522. The molecule has 5 atom stereocenters. The second-order valence-electron chi connectivity index (χ2n) is 18.9. The van der Waals surface area contributed by atoms with E-state index in [-0.39, 0.29) is 116 Å². The van der Waals surface area contributed by atoms with Gasteiger partial charge in [0.15, 0.2) is 35.5 Å². The molecule has 416 valence electrons. The number of carbonyl (C=O) groups is 7. The van der Waals surface area contributed by atoms with Gasteiger partial charge in [0.05, 0.1) is 74.4 Å². The van der Waals surface area contributed by atoms with Crippen LogP contribution in [-0.4, -0.2) is 179 Å². The Morgan fingerprint density at radius 3 is 1.67 bits per heavy atom. The van der Waals surface area contributed by atoms with Crippen LogP contribution in [-0.2, 0) is 63.7 Å². The van der Waals surface area contributed by atoms with Gasteiger partial charge in [0, 0.05) is 75.9 Å². The van der Waals surface area contributed by atoms with Crippen LogP contribution in [0.2, 0.25) is 0 Å². The molecule has 0 bridgehead atoms. The van der Waals surface area contributed by atoms with E-state index in [9.17, 15) is 55.0 Å². The molecule has 0 spiro atoms. The summed E-state index contributed by atoms with van der Waals surface area (Å²) in [6, 6.07) is 5.11. The lowest BCUT2D eigenvalue weighted by Gasteiger charge is -2.27. The lowest BCUT2D eigenvalue weighted by atomic mass is 10.1. The Morgan fingerprint density at radius 1 is 0.684 bits per heavy atom. The molecule has 0 saturated carbocycles. The maximum Gasteiger partial charge on any atom is 0.333 e. The van der Waals surface area contributed by atoms with Crippen molar-refractivity contribution in [2.45, 2.75) is 107 Å². The van der Waals surface area contributed by atoms with Gasteiger partial charge in [0.25, 0.3) is 45.6 Å². The number of nitrogens with zero attached hydrogens (tertiary/aromatic N) is 4. The highest BCUT2D eigenvalue weighted by atomic mass is 32.2. The summed E-state index contributed by atoms with van der Waals surface area (Å²) in [6.45, 7) is 0.934. The van der Waals surface area contributed by atoms with Crippen molar-refractivity contribution in [2.24, 2.45) is 0 Å². The van der Waals surface area contributed by atoms with Crippen molar-refractivity contribution in [3.05, 3.63) is 35.4 Å². The Kier molecular flexibility index (Phi) is 18.7. The quantitative estimate of drug-likeness (QED) is 0.0456. The number of rotatable bonds is 26. The van der Waals surface area contributed by atoms with Gasteiger partial charge in [-0.05, 0) is 69.3 Å². The van der Waals surface area contributed by atoms with E-state index < -0.39 is 88.5 Å². The molecule has 25 nitrogen and oxygen atoms in total. The number of carbonyl (C=O) groups excluding carboxylic acids is 7. The summed E-state index contributed by atoms with van der Waals surface area (Å²) in [6.07, 6.45) is 1.82. The highest BCUT2D eigenvalue weighted by molar-refractivity contribution is 8.00. The van der Waals surface area contributed by atoms with E-state index >= 15 is 0 Å². The Bertz CT molecular complexity index is 2650. The number of likely N-dealkylation sites (tertiary alicyclic amines) is 1. The third-order valence-corrected chi connectivity index (χ3v) is 19.5. The number of fused-ring (bicyclic) bond motifs is 4. The van der Waals surface area contributed by atoms with Crippen molar-refractivity contribution in [3.63, 3.8) is 0 Å². The minimum Gasteiger partial charge on any atom is -0.493 e. The Hall–Kier alpha value is -5.67. The molecule has 2 N–H and O–H groups in total. The van der Waals surface area contributed by atoms with Crippen LogP contribution in [0.25, 0.3) is 0 Å². The first-order valence-corrected chi connectivity index (χ1v) is 30.5. The van der Waals surface area contributed by atoms with E-state index in [1.165, 1.54) is 38.1 Å². The summed E-state index contributed by atoms with van der Waals surface area (Å²) < 4.78 is 95.6. The SMILES string of the molecule is COc1cc2c(cc1OCCCP(=O)(CCCOc1cc3c(cc1OC)C(=O)N1CCC[C@H]1C(O[SH](=O)=O)N3)CCCSC1CC(=O)N(CCCC(=O)ON3C(=O)CCC3=O)C1=O)NC(O[SH](=O)=O)[C@@H]1CCCN1C2=O. The number of nitrogens with one attached hydrogen (secondary N) is 2. The van der Waals surface area contributed by atoms with Gasteiger partial charge in [0.1, 0.15) is 0 Å². The average Bonchev–Trinajstić information content (AvgIpc) is 4.18. The molecule has 2 aromatic rings. The molecule has 0 aliphatic carbocycles. The van der Waals surface area contributed by atoms with Crippen LogP contribution in [0.1, 0.15) is 97.8 Å². The van der Waals surface area contributed by atoms with Crippen molar-refractivity contribution in [1.29, 1.82) is 0 Å². The molecule has 6 aliphatic heterocycles. The predicted octanol–water partition coefficient (Wildman–Crippen LogP) is 2.74. The molecule has 29 heteroatoms. The fraction of sp³-hybridized carbons (Fsp3) is 0.596. The maximum absolute atomic E-state index is 14.9. The predicted molar refractivity (Wildman–Crippen MR) is 273 cm³/mol. The average molecular weight is 1140 g/mol. The van der Waals surface area contributed by atoms with E-state index in [1.807, 2.05) is 0 Å². The van der Waals surface area contributed by atoms with Crippen LogP contribution in [0, 0.1) is 0 Å². The van der Waals surface area contributed by atoms with Gasteiger partial charge < -0.3 is 48.8 Å². The molecule has 2 aromatic carbocycles. The third-order valence-electron chi connectivity index (χ3n) is 14.0. The number of amides is 6. The number of thioether (sulfide) groups is 1. The second-order valence-corrected chi connectivity index (χ2v) is 25.0. The van der Waals surface area contributed by atoms with E-state index in [2.05, 4.69) is 10.6 Å². The Balaban J connectivity index is 0.900. The molecule has 6 heterocycles. The number of imide groups is 2. The second kappa shape index (κ2) is 25.2. The summed E-state index contributed by atoms with van der Waals surface area (Å²) in [4.78, 5) is 98.5. The van der Waals surface area contributed by atoms with Crippen molar-refractivity contribution in [2.75, 3.05) is 81.9 Å². The van der Waals surface area contributed by atoms with Gasteiger partial charge in [0.2, 0.25) is 11.8 Å². The van der Waals surface area contributed by atoms with E-state index in [0.29, 0.717) is 80.2 Å². The Morgan fingerprint density at radius 2 is 1.18 bits per heavy atom. The van der Waals surface area contributed by atoms with Crippen LogP contribution in [0.3, 0.4) is 0 Å². The summed E-state index contributed by atoms with van der Waals surface area (Å²) in [5.74, 6) is -2.13. The van der Waals surface area contributed by atoms with E-state index in [4.69, 9.17) is 32.2 Å². The summed E-state index contributed by atoms with van der Waals surface area (Å²) in [7, 11) is -6.69. The molecule has 6 amide bonds. The standard InChI is InChI=1S/C47H61N6O19PS3/c1-66-34-23-28-30(48-43(71-75(62)63)32-9-3-14-50(32)45(28)58)25-36(34)68-17-6-19-73(61,21-8-22-74-38-27-41(56)52(47(38)60)16-5-11-42(57)70-53-39(54)12-13-40(53)55)20-7-18-69-37-26-31-29(24-35(37)67-2)46(59)51-15-4-10-33(51)44(49-31)72-76(64)65/h23-26,32-33,38,43-44,48-49,75-76H,3-22,27H2,1-2H3/t32-,33-,38?,43?,44?,73?/m0/s1. The molecule has 0 radical (unpaired) electrons. The first-order valence-electron chi connectivity index (χ1n) is 25.0. The number of methoxy groups -OCH3 is 2. The Labute approximate surface area is 445 Å². The number of hydrogen-bond acceptors (Lipinski definition) is 22. The third kappa shape index (κ3) is 13.2. The number of anilines is 2. The van der Waals surface area contributed by atoms with Crippen molar-refractivity contribution in [3.8, 4) is 23.0 Å². The lowest BCUT2D eigenvalue weighted by Crippen LogP contribution is -2.44. The van der Waals surface area contributed by atoms with Crippen LogP contribution < -0.4 is 29.6 Å². The first kappa shape index (κ1) is 56.5. The topological polar surface area (TPSA) is 306 Å². The normalized spacial score (nSPS) is 22.9. The van der Waals surface area contributed by atoms with E-state index in [0.717, 1.165) is 4.90 Å². The number of hydrogen-bond donors (Lipinski definition) is 4. The van der Waals surface area contributed by atoms with E-state index in [1.54, 1.807) is 21.9 Å². The summed E-state index contributed by atoms with van der Waals surface area (Å²) >= 11 is 1.27. The zero-order valence-corrected chi connectivity index (χ0v) is 45.3. The molecule has 4 saturated heterocycles. The molecular weight excluding hydrogens is 1080 g/mol. The monoisotopic (exact) mass is 1140 g/mol. The van der Waals surface area contributed by atoms with Crippen LogP contribution in [0.15, 0.2) is 24.3 Å². The van der Waals surface area contributed by atoms with Gasteiger partial charge in [-0.3, -0.25) is 33.7 Å². The van der Waals surface area contributed by atoms with Gasteiger partial charge in [-0.2, -0.15) is 0 Å². The van der Waals surface area contributed by atoms with Crippen molar-refractivity contribution in [1.82, 2.24) is 19.8 Å². The molecular formula is C47H61N6O19PS3. The fourth-order valence-electron chi connectivity index (χ4n) is 10.4. The molecule has 6 aliphatic rings. The first-order chi connectivity index (χ1) is 36.5. The molecule has 76 heavy (non-hydrogen) atoms. The zero-order valence-electron chi connectivity index (χ0n) is 41.8. The molecule has 8 rings (SSSR count). The summed E-state index contributed by atoms with van der Waals surface area (Å²) in [5.41, 5.74) is 1.09. The van der Waals surface area contributed by atoms with Crippen molar-refractivity contribution >= 4 is 93.7 Å². The number of hydroxylamine groups is 2. The smallest absolute Gasteiger partial charge is 0.333 e. The summed E-state index contributed by atoms with van der Waals surface area (Å²) in [5, 5.41) is 5.89. The minimum atomic E-state index is -3.25. The fourth-order valence-corrected chi connectivity index (χ4v) is 15.3.